The van der Waals surface area contributed by atoms with Crippen molar-refractivity contribution >= 4 is 35.0 Å². The molecule has 3 aliphatic rings. The summed E-state index contributed by atoms with van der Waals surface area (Å²) in [5, 5.41) is 10.9. The fourth-order valence-corrected chi connectivity index (χ4v) is 6.29. The van der Waals surface area contributed by atoms with Crippen molar-refractivity contribution in [2.24, 2.45) is 5.92 Å². The molecule has 0 bridgehead atoms. The summed E-state index contributed by atoms with van der Waals surface area (Å²) in [7, 11) is 0. The summed E-state index contributed by atoms with van der Waals surface area (Å²) in [6.45, 7) is 3.12. The molecule has 5 rings (SSSR count). The summed E-state index contributed by atoms with van der Waals surface area (Å²) >= 11 is 13.4. The average Bonchev–Trinajstić information content (AvgIpc) is 3.26. The van der Waals surface area contributed by atoms with Crippen LogP contribution in [0.5, 0.6) is 0 Å². The molecule has 0 radical (unpaired) electrons. The van der Waals surface area contributed by atoms with E-state index >= 15 is 0 Å². The number of amides is 2. The van der Waals surface area contributed by atoms with Crippen LogP contribution in [0.4, 0.5) is 0 Å². The number of aliphatic hydroxyl groups is 1. The molecule has 3 fully saturated rings. The van der Waals surface area contributed by atoms with Crippen LogP contribution in [-0.2, 0) is 16.0 Å². The van der Waals surface area contributed by atoms with E-state index in [1.807, 2.05) is 46.2 Å². The molecule has 36 heavy (non-hydrogen) atoms. The number of benzene rings is 2. The molecule has 2 saturated heterocycles. The Kier molecular flexibility index (Phi) is 7.87. The molecule has 6 nitrogen and oxygen atoms in total. The van der Waals surface area contributed by atoms with Gasteiger partial charge in [0.2, 0.25) is 5.91 Å². The molecule has 2 amide bonds. The molecule has 2 aromatic carbocycles. The van der Waals surface area contributed by atoms with Gasteiger partial charge in [0.1, 0.15) is 0 Å². The molecule has 8 heteroatoms. The molecule has 2 aliphatic heterocycles. The van der Waals surface area contributed by atoms with E-state index in [0.717, 1.165) is 55.3 Å². The number of hydrogen-bond acceptors (Lipinski definition) is 4. The lowest BCUT2D eigenvalue weighted by Gasteiger charge is -2.33. The maximum absolute atomic E-state index is 13.1. The minimum absolute atomic E-state index is 0.0101. The molecule has 192 valence electrons. The van der Waals surface area contributed by atoms with E-state index in [9.17, 15) is 14.7 Å². The second-order valence-electron chi connectivity index (χ2n) is 10.1. The Morgan fingerprint density at radius 2 is 1.56 bits per heavy atom. The second-order valence-corrected chi connectivity index (χ2v) is 10.9. The fourth-order valence-electron chi connectivity index (χ4n) is 5.65. The lowest BCUT2D eigenvalue weighted by molar-refractivity contribution is -0.133. The Bertz CT molecular complexity index is 1090. The van der Waals surface area contributed by atoms with Gasteiger partial charge < -0.3 is 19.6 Å². The number of nitrogens with zero attached hydrogens (tertiary/aromatic N) is 2. The van der Waals surface area contributed by atoms with Gasteiger partial charge in [-0.2, -0.15) is 0 Å². The van der Waals surface area contributed by atoms with Crippen molar-refractivity contribution in [3.8, 4) is 11.1 Å². The van der Waals surface area contributed by atoms with E-state index < -0.39 is 0 Å². The van der Waals surface area contributed by atoms with Gasteiger partial charge in [-0.25, -0.2) is 0 Å². The monoisotopic (exact) mass is 530 g/mol. The maximum atomic E-state index is 13.1. The van der Waals surface area contributed by atoms with Crippen molar-refractivity contribution in [3.63, 3.8) is 0 Å². The van der Waals surface area contributed by atoms with Gasteiger partial charge in [-0.1, -0.05) is 35.3 Å². The fraction of sp³-hybridized carbons (Fsp3) is 0.500. The Hall–Kier alpha value is -2.12. The first-order chi connectivity index (χ1) is 17.4. The molecule has 1 aliphatic carbocycles. The van der Waals surface area contributed by atoms with Crippen molar-refractivity contribution in [2.45, 2.75) is 50.7 Å². The third-order valence-corrected chi connectivity index (χ3v) is 8.49. The van der Waals surface area contributed by atoms with Gasteiger partial charge in [-0.3, -0.25) is 9.59 Å². The molecule has 1 unspecified atom stereocenters. The summed E-state index contributed by atoms with van der Waals surface area (Å²) in [6.07, 6.45) is 4.36. The van der Waals surface area contributed by atoms with E-state index in [4.69, 9.17) is 27.9 Å². The highest BCUT2D eigenvalue weighted by Gasteiger charge is 2.37. The van der Waals surface area contributed by atoms with E-state index in [-0.39, 0.29) is 29.9 Å². The van der Waals surface area contributed by atoms with Gasteiger partial charge in [0.15, 0.2) is 0 Å². The zero-order valence-electron chi connectivity index (χ0n) is 20.3. The molecule has 2 aromatic rings. The van der Waals surface area contributed by atoms with Gasteiger partial charge in [0.05, 0.1) is 19.3 Å². The zero-order valence-corrected chi connectivity index (χ0v) is 21.8. The summed E-state index contributed by atoms with van der Waals surface area (Å²) in [5.41, 5.74) is 3.25. The second kappa shape index (κ2) is 11.1. The van der Waals surface area contributed by atoms with Gasteiger partial charge >= 0.3 is 0 Å². The van der Waals surface area contributed by atoms with E-state index in [0.29, 0.717) is 48.3 Å². The van der Waals surface area contributed by atoms with Gasteiger partial charge in [-0.05, 0) is 79.5 Å². The van der Waals surface area contributed by atoms with Crippen LogP contribution in [-0.4, -0.2) is 71.7 Å². The molecule has 0 spiro atoms. The highest BCUT2D eigenvalue weighted by Crippen LogP contribution is 2.36. The largest absolute Gasteiger partial charge is 0.393 e. The van der Waals surface area contributed by atoms with Crippen molar-refractivity contribution in [3.05, 3.63) is 57.6 Å². The van der Waals surface area contributed by atoms with E-state index in [1.165, 1.54) is 0 Å². The number of rotatable bonds is 5. The van der Waals surface area contributed by atoms with E-state index in [2.05, 4.69) is 0 Å². The van der Waals surface area contributed by atoms with Crippen LogP contribution in [0, 0.1) is 5.92 Å². The molecule has 1 atom stereocenters. The van der Waals surface area contributed by atoms with Gasteiger partial charge in [-0.15, -0.1) is 0 Å². The number of morpholine rings is 1. The van der Waals surface area contributed by atoms with Crippen molar-refractivity contribution in [1.29, 1.82) is 0 Å². The molecule has 0 aromatic heterocycles. The van der Waals surface area contributed by atoms with Crippen LogP contribution in [0.3, 0.4) is 0 Å². The molecule has 1 N–H and O–H groups in total. The van der Waals surface area contributed by atoms with Crippen molar-refractivity contribution in [1.82, 2.24) is 9.80 Å². The number of hydrogen-bond donors (Lipinski definition) is 1. The third kappa shape index (κ3) is 5.42. The molecule has 1 saturated carbocycles. The lowest BCUT2D eigenvalue weighted by Crippen LogP contribution is -2.41. The third-order valence-electron chi connectivity index (χ3n) is 7.81. The normalized spacial score (nSPS) is 24.9. The minimum atomic E-state index is -0.229. The van der Waals surface area contributed by atoms with Crippen LogP contribution in [0.2, 0.25) is 10.0 Å². The Labute approximate surface area is 222 Å². The summed E-state index contributed by atoms with van der Waals surface area (Å²) < 4.78 is 5.33. The smallest absolute Gasteiger partial charge is 0.254 e. The molecular weight excluding hydrogens is 499 g/mol. The Morgan fingerprint density at radius 1 is 0.917 bits per heavy atom. The van der Waals surface area contributed by atoms with E-state index in [1.54, 1.807) is 0 Å². The quantitative estimate of drug-likeness (QED) is 0.601. The van der Waals surface area contributed by atoms with Crippen molar-refractivity contribution in [2.75, 3.05) is 32.8 Å². The van der Waals surface area contributed by atoms with Crippen LogP contribution >= 0.6 is 23.2 Å². The Balaban J connectivity index is 1.26. The first kappa shape index (κ1) is 25.5. The SMILES string of the molecule is O=C(c1ccc(-c2cc(Cl)c(CC3CCN(C4CCC(O)CC4)C3=O)c(Cl)c2)cc1)N1CCOCC1. The minimum Gasteiger partial charge on any atom is -0.393 e. The van der Waals surface area contributed by atoms with Crippen LogP contribution < -0.4 is 0 Å². The Morgan fingerprint density at radius 3 is 2.19 bits per heavy atom. The van der Waals surface area contributed by atoms with Gasteiger partial charge in [0, 0.05) is 47.2 Å². The first-order valence-corrected chi connectivity index (χ1v) is 13.6. The zero-order chi connectivity index (χ0) is 25.2. The standard InChI is InChI=1S/C28H32Cl2N2O4/c29-25-16-21(18-1-3-19(4-2-18)27(34)31-11-13-36-14-12-31)17-26(30)24(25)15-20-9-10-32(28(20)35)22-5-7-23(33)8-6-22/h1-4,16-17,20,22-23,33H,5-15H2. The first-order valence-electron chi connectivity index (χ1n) is 12.8. The summed E-state index contributed by atoms with van der Waals surface area (Å²) in [6, 6.07) is 11.5. The van der Waals surface area contributed by atoms with Crippen LogP contribution in [0.25, 0.3) is 11.1 Å². The van der Waals surface area contributed by atoms with Gasteiger partial charge in [0.25, 0.3) is 5.91 Å². The number of carbonyl (C=O) groups excluding carboxylic acids is 2. The molecular formula is C28H32Cl2N2O4. The topological polar surface area (TPSA) is 70.1 Å². The highest BCUT2D eigenvalue weighted by molar-refractivity contribution is 6.36. The van der Waals surface area contributed by atoms with Crippen LogP contribution in [0.1, 0.15) is 48.0 Å². The van der Waals surface area contributed by atoms with Crippen molar-refractivity contribution < 1.29 is 19.4 Å². The average molecular weight is 531 g/mol. The van der Waals surface area contributed by atoms with Crippen LogP contribution in [0.15, 0.2) is 36.4 Å². The maximum Gasteiger partial charge on any atom is 0.254 e. The summed E-state index contributed by atoms with van der Waals surface area (Å²) in [4.78, 5) is 29.7. The number of aliphatic hydroxyl groups excluding tert-OH is 1. The predicted octanol–water partition coefficient (Wildman–Crippen LogP) is 4.83. The predicted molar refractivity (Wildman–Crippen MR) is 140 cm³/mol. The number of ether oxygens (including phenoxy) is 1. The lowest BCUT2D eigenvalue weighted by atomic mass is 9.92. The number of halogens is 2. The molecule has 2 heterocycles. The number of likely N-dealkylation sites (tertiary alicyclic amines) is 1. The summed E-state index contributed by atoms with van der Waals surface area (Å²) in [5.74, 6) is 0.0623. The highest BCUT2D eigenvalue weighted by atomic mass is 35.5. The number of carbonyl (C=O) groups is 2.